The van der Waals surface area contributed by atoms with Crippen molar-refractivity contribution in [1.29, 1.82) is 0 Å². The molecule has 0 saturated heterocycles. The van der Waals surface area contributed by atoms with Gasteiger partial charge in [-0.3, -0.25) is 0 Å². The van der Waals surface area contributed by atoms with Gasteiger partial charge in [0.15, 0.2) is 11.6 Å². The van der Waals surface area contributed by atoms with Gasteiger partial charge in [-0.2, -0.15) is 10.0 Å². The van der Waals surface area contributed by atoms with Gasteiger partial charge in [-0.15, -0.1) is 20.4 Å². The van der Waals surface area contributed by atoms with E-state index >= 15 is 0 Å². The van der Waals surface area contributed by atoms with Gasteiger partial charge >= 0.3 is 0 Å². The van der Waals surface area contributed by atoms with Crippen molar-refractivity contribution in [2.45, 2.75) is 20.4 Å². The highest BCUT2D eigenvalue weighted by molar-refractivity contribution is 9.10. The van der Waals surface area contributed by atoms with E-state index < -0.39 is 0 Å². The molecule has 0 atom stereocenters. The summed E-state index contributed by atoms with van der Waals surface area (Å²) in [7, 11) is 0. The molecule has 110 valence electrons. The molecular formula is C11H12BrClN8. The molecule has 0 aliphatic heterocycles. The van der Waals surface area contributed by atoms with Crippen LogP contribution in [0.1, 0.15) is 17.2 Å². The molecule has 21 heavy (non-hydrogen) atoms. The molecule has 0 aliphatic carbocycles. The first kappa shape index (κ1) is 15.5. The van der Waals surface area contributed by atoms with Crippen molar-refractivity contribution in [3.05, 3.63) is 44.9 Å². The summed E-state index contributed by atoms with van der Waals surface area (Å²) >= 11 is 9.35. The van der Waals surface area contributed by atoms with E-state index in [0.29, 0.717) is 23.2 Å². The average Bonchev–Trinajstić information content (AvgIpc) is 3.06. The molecule has 0 fully saturated rings. The predicted molar refractivity (Wildman–Crippen MR) is 79.7 cm³/mol. The second-order valence-corrected chi connectivity index (χ2v) is 5.35. The van der Waals surface area contributed by atoms with Gasteiger partial charge in [-0.25, -0.2) is 0 Å². The van der Waals surface area contributed by atoms with Gasteiger partial charge in [0.1, 0.15) is 0 Å². The Bertz CT molecular complexity index is 696. The molecule has 0 amide bonds. The van der Waals surface area contributed by atoms with E-state index in [1.165, 1.54) is 4.80 Å². The zero-order chi connectivity index (χ0) is 15.2. The van der Waals surface area contributed by atoms with E-state index in [1.54, 1.807) is 13.8 Å². The summed E-state index contributed by atoms with van der Waals surface area (Å²) in [5.41, 5.74) is 1.03. The first-order chi connectivity index (χ1) is 10.0. The van der Waals surface area contributed by atoms with E-state index in [1.807, 2.05) is 18.2 Å². The van der Waals surface area contributed by atoms with E-state index in [0.717, 1.165) is 10.0 Å². The molecule has 0 unspecified atom stereocenters. The number of H-pyrrole nitrogens is 1. The van der Waals surface area contributed by atoms with Crippen LogP contribution in [0.5, 0.6) is 0 Å². The maximum atomic E-state index is 5.90. The third kappa shape index (κ3) is 4.87. The van der Waals surface area contributed by atoms with Crippen LogP contribution in [0.15, 0.2) is 22.7 Å². The second kappa shape index (κ2) is 7.23. The quantitative estimate of drug-likeness (QED) is 0.739. The van der Waals surface area contributed by atoms with Crippen LogP contribution in [0.25, 0.3) is 0 Å². The fourth-order valence-corrected chi connectivity index (χ4v) is 1.99. The number of rotatable bonds is 2. The number of hydrogen-bond acceptors (Lipinski definition) is 6. The van der Waals surface area contributed by atoms with Gasteiger partial charge in [-0.05, 0) is 42.8 Å². The van der Waals surface area contributed by atoms with Crippen LogP contribution in [0.3, 0.4) is 0 Å². The number of hydrogen-bond donors (Lipinski definition) is 1. The Hall–Kier alpha value is -1.87. The minimum absolute atomic E-state index is 0.558. The van der Waals surface area contributed by atoms with Crippen LogP contribution in [0.2, 0.25) is 5.02 Å². The SMILES string of the molecule is Cc1nn[nH]n1.Cc1nnn(Cc2cc(Cl)ccc2Br)n1. The molecule has 0 aliphatic rings. The molecule has 10 heteroatoms. The zero-order valence-corrected chi connectivity index (χ0v) is 13.7. The topological polar surface area (TPSA) is 98.1 Å². The lowest BCUT2D eigenvalue weighted by Crippen LogP contribution is -2.04. The predicted octanol–water partition coefficient (Wildman–Crippen LogP) is 1.95. The lowest BCUT2D eigenvalue weighted by atomic mass is 10.2. The number of nitrogens with zero attached hydrogens (tertiary/aromatic N) is 7. The fourth-order valence-electron chi connectivity index (χ4n) is 1.42. The van der Waals surface area contributed by atoms with Gasteiger partial charge in [0.25, 0.3) is 0 Å². The van der Waals surface area contributed by atoms with Crippen molar-refractivity contribution in [1.82, 2.24) is 40.8 Å². The first-order valence-corrected chi connectivity index (χ1v) is 7.10. The molecule has 0 spiro atoms. The lowest BCUT2D eigenvalue weighted by Gasteiger charge is -2.03. The molecule has 2 heterocycles. The van der Waals surface area contributed by atoms with Gasteiger partial charge in [0.05, 0.1) is 6.54 Å². The molecule has 3 aromatic rings. The summed E-state index contributed by atoms with van der Waals surface area (Å²) in [5, 5.41) is 25.2. The highest BCUT2D eigenvalue weighted by atomic mass is 79.9. The van der Waals surface area contributed by atoms with Crippen LogP contribution in [-0.4, -0.2) is 40.8 Å². The highest BCUT2D eigenvalue weighted by Crippen LogP contribution is 2.21. The molecule has 1 aromatic carbocycles. The second-order valence-electron chi connectivity index (χ2n) is 4.06. The number of tetrazole rings is 2. The normalized spacial score (nSPS) is 10.1. The van der Waals surface area contributed by atoms with Gasteiger partial charge in [0, 0.05) is 9.50 Å². The Morgan fingerprint density at radius 2 is 2.05 bits per heavy atom. The van der Waals surface area contributed by atoms with Crippen LogP contribution in [0.4, 0.5) is 0 Å². The molecule has 0 radical (unpaired) electrons. The first-order valence-electron chi connectivity index (χ1n) is 5.93. The Balaban J connectivity index is 0.000000225. The van der Waals surface area contributed by atoms with Crippen molar-refractivity contribution in [3.63, 3.8) is 0 Å². The summed E-state index contributed by atoms with van der Waals surface area (Å²) in [4.78, 5) is 1.53. The molecule has 2 aromatic heterocycles. The molecule has 3 rings (SSSR count). The summed E-state index contributed by atoms with van der Waals surface area (Å²) in [6.45, 7) is 4.13. The standard InChI is InChI=1S/C9H8BrClN4.C2H4N4/c1-6-12-14-15(13-6)5-7-4-8(11)2-3-9(7)10;1-2-3-5-6-4-2/h2-4H,5H2,1H3;1H3,(H,3,4,5,6). The fraction of sp³-hybridized carbons (Fsp3) is 0.273. The van der Waals surface area contributed by atoms with Crippen molar-refractivity contribution >= 4 is 27.5 Å². The molecule has 0 saturated carbocycles. The van der Waals surface area contributed by atoms with Gasteiger partial charge in [0.2, 0.25) is 0 Å². The highest BCUT2D eigenvalue weighted by Gasteiger charge is 2.04. The minimum atomic E-state index is 0.558. The summed E-state index contributed by atoms with van der Waals surface area (Å²) in [6.07, 6.45) is 0. The average molecular weight is 372 g/mol. The Kier molecular flexibility index (Phi) is 5.34. The van der Waals surface area contributed by atoms with Crippen LogP contribution in [0, 0.1) is 13.8 Å². The number of aromatic nitrogens is 8. The van der Waals surface area contributed by atoms with E-state index in [2.05, 4.69) is 52.0 Å². The van der Waals surface area contributed by atoms with E-state index in [9.17, 15) is 0 Å². The monoisotopic (exact) mass is 370 g/mol. The summed E-state index contributed by atoms with van der Waals surface area (Å²) in [6, 6.07) is 5.61. The number of aryl methyl sites for hydroxylation is 2. The van der Waals surface area contributed by atoms with Crippen molar-refractivity contribution in [2.75, 3.05) is 0 Å². The van der Waals surface area contributed by atoms with E-state index in [-0.39, 0.29) is 0 Å². The summed E-state index contributed by atoms with van der Waals surface area (Å²) in [5.74, 6) is 1.34. The molecule has 0 bridgehead atoms. The lowest BCUT2D eigenvalue weighted by molar-refractivity contribution is 0.570. The Morgan fingerprint density at radius 1 is 1.24 bits per heavy atom. The van der Waals surface area contributed by atoms with Crippen LogP contribution >= 0.6 is 27.5 Å². The number of nitrogens with one attached hydrogen (secondary N) is 1. The zero-order valence-electron chi connectivity index (χ0n) is 11.3. The molecular weight excluding hydrogens is 360 g/mol. The maximum Gasteiger partial charge on any atom is 0.171 e. The van der Waals surface area contributed by atoms with Crippen molar-refractivity contribution in [3.8, 4) is 0 Å². The minimum Gasteiger partial charge on any atom is -0.177 e. The third-order valence-electron chi connectivity index (χ3n) is 2.32. The Morgan fingerprint density at radius 3 is 2.57 bits per heavy atom. The van der Waals surface area contributed by atoms with Gasteiger partial charge in [-0.1, -0.05) is 32.7 Å². The summed E-state index contributed by atoms with van der Waals surface area (Å²) < 4.78 is 0.988. The van der Waals surface area contributed by atoms with Gasteiger partial charge < -0.3 is 0 Å². The molecule has 8 nitrogen and oxygen atoms in total. The van der Waals surface area contributed by atoms with E-state index in [4.69, 9.17) is 11.6 Å². The number of aromatic amines is 1. The Labute approximate surface area is 134 Å². The molecule has 1 N–H and O–H groups in total. The largest absolute Gasteiger partial charge is 0.177 e. The maximum absolute atomic E-state index is 5.90. The number of benzene rings is 1. The number of halogens is 2. The van der Waals surface area contributed by atoms with Crippen LogP contribution in [-0.2, 0) is 6.54 Å². The third-order valence-corrected chi connectivity index (χ3v) is 3.33. The van der Waals surface area contributed by atoms with Crippen molar-refractivity contribution < 1.29 is 0 Å². The van der Waals surface area contributed by atoms with Crippen LogP contribution < -0.4 is 0 Å². The smallest absolute Gasteiger partial charge is 0.171 e. The van der Waals surface area contributed by atoms with Crippen molar-refractivity contribution in [2.24, 2.45) is 0 Å².